The van der Waals surface area contributed by atoms with Gasteiger partial charge in [-0.25, -0.2) is 0 Å². The number of rotatable bonds is 9. The molecule has 0 radical (unpaired) electrons. The Morgan fingerprint density at radius 1 is 1.14 bits per heavy atom. The molecule has 206 valence electrons. The lowest BCUT2D eigenvalue weighted by Gasteiger charge is -2.41. The van der Waals surface area contributed by atoms with Crippen LogP contribution in [-0.4, -0.2) is 111 Å². The van der Waals surface area contributed by atoms with E-state index < -0.39 is 85.7 Å². The largest absolute Gasteiger partial charge is 0.463 e. The fourth-order valence-corrected chi connectivity index (χ4v) is 4.84. The van der Waals surface area contributed by atoms with Crippen LogP contribution in [0.4, 0.5) is 0 Å². The number of aliphatic hydroxyl groups excluding tert-OH is 5. The molecule has 0 spiro atoms. The lowest BCUT2D eigenvalue weighted by molar-refractivity contribution is -0.299. The van der Waals surface area contributed by atoms with Crippen LogP contribution in [0.15, 0.2) is 11.8 Å². The van der Waals surface area contributed by atoms with E-state index in [1.807, 2.05) is 13.8 Å². The molecular formula is C23H36O13. The van der Waals surface area contributed by atoms with E-state index in [4.69, 9.17) is 23.7 Å². The summed E-state index contributed by atoms with van der Waals surface area (Å²) < 4.78 is 27.0. The Morgan fingerprint density at radius 2 is 1.83 bits per heavy atom. The summed E-state index contributed by atoms with van der Waals surface area (Å²) in [6.45, 7) is 3.37. The minimum Gasteiger partial charge on any atom is -0.463 e. The zero-order valence-electron chi connectivity index (χ0n) is 20.4. The van der Waals surface area contributed by atoms with Crippen molar-refractivity contribution < 1.29 is 63.9 Å². The van der Waals surface area contributed by atoms with E-state index in [-0.39, 0.29) is 25.4 Å². The standard InChI is InChI=1S/C23H36O13/c1-10(2)4-16(27)36-21-17-13(5-15(26)23(17,31)9-34-11(3)25)12(7-32-21)8-33-22-20(30)19(29)18(28)14(6-24)35-22/h7,10,13-15,17-22,24,26,28-31H,4-6,8-9H2,1-3H3/t13-,14-,15+,17-,18-,19+,20-,21+,22-,23-/m0/s1. The fraction of sp³-hybridized carbons (Fsp3) is 0.826. The summed E-state index contributed by atoms with van der Waals surface area (Å²) in [5, 5.41) is 61.6. The first-order chi connectivity index (χ1) is 16.9. The molecule has 0 amide bonds. The van der Waals surface area contributed by atoms with Crippen molar-refractivity contribution in [3.05, 3.63) is 11.8 Å². The summed E-state index contributed by atoms with van der Waals surface area (Å²) in [6, 6.07) is 0. The first-order valence-electron chi connectivity index (χ1n) is 11.9. The first-order valence-corrected chi connectivity index (χ1v) is 11.9. The molecule has 6 N–H and O–H groups in total. The van der Waals surface area contributed by atoms with Gasteiger partial charge in [0.15, 0.2) is 6.29 Å². The van der Waals surface area contributed by atoms with Gasteiger partial charge in [0, 0.05) is 19.3 Å². The molecule has 2 heterocycles. The van der Waals surface area contributed by atoms with Crippen LogP contribution in [0.5, 0.6) is 0 Å². The molecule has 0 bridgehead atoms. The van der Waals surface area contributed by atoms with Gasteiger partial charge in [0.05, 0.1) is 31.5 Å². The highest BCUT2D eigenvalue weighted by Gasteiger charge is 2.61. The van der Waals surface area contributed by atoms with Gasteiger partial charge in [-0.15, -0.1) is 0 Å². The lowest BCUT2D eigenvalue weighted by atomic mass is 9.80. The van der Waals surface area contributed by atoms with Crippen LogP contribution < -0.4 is 0 Å². The molecule has 36 heavy (non-hydrogen) atoms. The van der Waals surface area contributed by atoms with Crippen LogP contribution in [0.3, 0.4) is 0 Å². The number of carbonyl (C=O) groups is 2. The van der Waals surface area contributed by atoms with Crippen molar-refractivity contribution in [2.75, 3.05) is 19.8 Å². The third kappa shape index (κ3) is 6.00. The van der Waals surface area contributed by atoms with Crippen LogP contribution in [0.1, 0.15) is 33.6 Å². The average Bonchev–Trinajstić information content (AvgIpc) is 3.07. The normalized spacial score (nSPS) is 40.3. The molecule has 0 unspecified atom stereocenters. The van der Waals surface area contributed by atoms with E-state index in [9.17, 15) is 40.2 Å². The minimum atomic E-state index is -2.00. The maximum Gasteiger partial charge on any atom is 0.309 e. The lowest BCUT2D eigenvalue weighted by Crippen LogP contribution is -2.59. The Balaban J connectivity index is 1.79. The molecular weight excluding hydrogens is 484 g/mol. The number of hydrogen-bond donors (Lipinski definition) is 6. The predicted molar refractivity (Wildman–Crippen MR) is 117 cm³/mol. The summed E-state index contributed by atoms with van der Waals surface area (Å²) >= 11 is 0. The van der Waals surface area contributed by atoms with E-state index in [0.717, 1.165) is 6.92 Å². The van der Waals surface area contributed by atoms with E-state index >= 15 is 0 Å². The van der Waals surface area contributed by atoms with Crippen molar-refractivity contribution in [3.8, 4) is 0 Å². The molecule has 1 saturated carbocycles. The van der Waals surface area contributed by atoms with Crippen LogP contribution in [0, 0.1) is 17.8 Å². The van der Waals surface area contributed by atoms with Gasteiger partial charge in [-0.1, -0.05) is 13.8 Å². The quantitative estimate of drug-likeness (QED) is 0.181. The Kier molecular flexibility index (Phi) is 9.33. The van der Waals surface area contributed by atoms with Crippen LogP contribution >= 0.6 is 0 Å². The van der Waals surface area contributed by atoms with Crippen molar-refractivity contribution in [3.63, 3.8) is 0 Å². The van der Waals surface area contributed by atoms with E-state index in [1.54, 1.807) is 0 Å². The van der Waals surface area contributed by atoms with Crippen LogP contribution in [0.25, 0.3) is 0 Å². The summed E-state index contributed by atoms with van der Waals surface area (Å²) in [6.07, 6.45) is -8.66. The van der Waals surface area contributed by atoms with Crippen molar-refractivity contribution in [2.24, 2.45) is 17.8 Å². The number of fused-ring (bicyclic) bond motifs is 1. The zero-order valence-corrected chi connectivity index (χ0v) is 20.4. The number of carbonyl (C=O) groups excluding carboxylic acids is 2. The molecule has 13 nitrogen and oxygen atoms in total. The van der Waals surface area contributed by atoms with Gasteiger partial charge in [0.25, 0.3) is 0 Å². The second kappa shape index (κ2) is 11.7. The third-order valence-electron chi connectivity index (χ3n) is 6.78. The first kappa shape index (κ1) is 28.7. The molecule has 0 aromatic carbocycles. The Labute approximate surface area is 208 Å². The molecule has 13 heteroatoms. The minimum absolute atomic E-state index is 0.00373. The molecule has 1 saturated heterocycles. The summed E-state index contributed by atoms with van der Waals surface area (Å²) in [5.74, 6) is -2.91. The predicted octanol–water partition coefficient (Wildman–Crippen LogP) is -2.08. The van der Waals surface area contributed by atoms with E-state index in [0.29, 0.717) is 5.57 Å². The highest BCUT2D eigenvalue weighted by molar-refractivity contribution is 5.69. The molecule has 2 aliphatic heterocycles. The SMILES string of the molecule is CC(=O)OC[C@@]1(O)[C@@H]2[C@@H](OC(=O)CC(C)C)OC=C(CO[C@H]3O[C@@H](CO)[C@H](O)[C@@H](O)[C@@H]3O)[C@@H]2C[C@H]1O. The second-order valence-electron chi connectivity index (χ2n) is 9.95. The summed E-state index contributed by atoms with van der Waals surface area (Å²) in [5.41, 5.74) is -1.59. The van der Waals surface area contributed by atoms with Crippen molar-refractivity contribution >= 4 is 11.9 Å². The molecule has 3 rings (SSSR count). The van der Waals surface area contributed by atoms with Crippen molar-refractivity contribution in [1.29, 1.82) is 0 Å². The number of esters is 2. The van der Waals surface area contributed by atoms with Gasteiger partial charge in [0.2, 0.25) is 6.29 Å². The number of ether oxygens (including phenoxy) is 5. The summed E-state index contributed by atoms with van der Waals surface area (Å²) in [4.78, 5) is 23.8. The smallest absolute Gasteiger partial charge is 0.309 e. The van der Waals surface area contributed by atoms with Gasteiger partial charge in [0.1, 0.15) is 36.6 Å². The fourth-order valence-electron chi connectivity index (χ4n) is 4.84. The van der Waals surface area contributed by atoms with Crippen molar-refractivity contribution in [2.45, 2.75) is 82.3 Å². The Bertz CT molecular complexity index is 814. The summed E-state index contributed by atoms with van der Waals surface area (Å²) in [7, 11) is 0. The van der Waals surface area contributed by atoms with Gasteiger partial charge in [-0.3, -0.25) is 9.59 Å². The maximum absolute atomic E-state index is 12.3. The monoisotopic (exact) mass is 520 g/mol. The molecule has 2 fully saturated rings. The zero-order chi connectivity index (χ0) is 26.8. The molecule has 3 aliphatic rings. The van der Waals surface area contributed by atoms with E-state index in [1.165, 1.54) is 6.26 Å². The molecule has 0 aromatic rings. The topological polar surface area (TPSA) is 202 Å². The van der Waals surface area contributed by atoms with Crippen LogP contribution in [0.2, 0.25) is 0 Å². The molecule has 0 aromatic heterocycles. The van der Waals surface area contributed by atoms with Crippen LogP contribution in [-0.2, 0) is 33.3 Å². The highest BCUT2D eigenvalue weighted by Crippen LogP contribution is 2.49. The molecule has 10 atom stereocenters. The third-order valence-corrected chi connectivity index (χ3v) is 6.78. The average molecular weight is 521 g/mol. The van der Waals surface area contributed by atoms with E-state index in [2.05, 4.69) is 0 Å². The van der Waals surface area contributed by atoms with Gasteiger partial charge < -0.3 is 54.3 Å². The van der Waals surface area contributed by atoms with Crippen molar-refractivity contribution in [1.82, 2.24) is 0 Å². The number of hydrogen-bond acceptors (Lipinski definition) is 13. The highest BCUT2D eigenvalue weighted by atomic mass is 16.7. The molecule has 1 aliphatic carbocycles. The van der Waals surface area contributed by atoms with Gasteiger partial charge in [-0.05, 0) is 17.9 Å². The second-order valence-corrected chi connectivity index (χ2v) is 9.95. The number of aliphatic hydroxyl groups is 6. The maximum atomic E-state index is 12.3. The Morgan fingerprint density at radius 3 is 2.44 bits per heavy atom. The van der Waals surface area contributed by atoms with Gasteiger partial charge >= 0.3 is 11.9 Å². The Hall–Kier alpha value is -1.84. The van der Waals surface area contributed by atoms with Gasteiger partial charge in [-0.2, -0.15) is 0 Å².